The summed E-state index contributed by atoms with van der Waals surface area (Å²) in [6, 6.07) is 12.4. The van der Waals surface area contributed by atoms with Crippen molar-refractivity contribution in [3.63, 3.8) is 0 Å². The van der Waals surface area contributed by atoms with Gasteiger partial charge in [0.05, 0.1) is 15.3 Å². The predicted octanol–water partition coefficient (Wildman–Crippen LogP) is 6.35. The fourth-order valence-corrected chi connectivity index (χ4v) is 7.15. The minimum Gasteiger partial charge on any atom is -0.458 e. The summed E-state index contributed by atoms with van der Waals surface area (Å²) in [5.74, 6) is -0.477. The Bertz CT molecular complexity index is 1600. The van der Waals surface area contributed by atoms with E-state index in [-0.39, 0.29) is 29.7 Å². The molecule has 0 radical (unpaired) electrons. The lowest BCUT2D eigenvalue weighted by atomic mass is 9.98. The molecule has 1 saturated carbocycles. The lowest BCUT2D eigenvalue weighted by molar-refractivity contribution is 0.0202. The van der Waals surface area contributed by atoms with Crippen LogP contribution < -0.4 is 9.62 Å². The van der Waals surface area contributed by atoms with Crippen molar-refractivity contribution in [2.75, 3.05) is 4.90 Å². The molecule has 3 heterocycles. The summed E-state index contributed by atoms with van der Waals surface area (Å²) in [7, 11) is -3.72. The second-order valence-electron chi connectivity index (χ2n) is 11.5. The lowest BCUT2D eigenvalue weighted by Gasteiger charge is -2.40. The van der Waals surface area contributed by atoms with E-state index >= 15 is 0 Å². The normalized spacial score (nSPS) is 21.9. The van der Waals surface area contributed by atoms with Gasteiger partial charge in [0.1, 0.15) is 17.4 Å². The van der Waals surface area contributed by atoms with Gasteiger partial charge in [0, 0.05) is 47.7 Å². The molecule has 2 aliphatic heterocycles. The number of carbonyl (C=O) groups excluding carboxylic acids is 2. The molecule has 1 N–H and O–H groups in total. The minimum absolute atomic E-state index is 0.128. The first kappa shape index (κ1) is 29.0. The number of amides is 1. The molecule has 1 aromatic heterocycles. The fraction of sp³-hybridized carbons (Fsp3) is 0.433. The van der Waals surface area contributed by atoms with Crippen LogP contribution >= 0.6 is 23.2 Å². The molecule has 42 heavy (non-hydrogen) atoms. The molecule has 9 nitrogen and oxygen atoms in total. The summed E-state index contributed by atoms with van der Waals surface area (Å²) in [4.78, 5) is 28.5. The third kappa shape index (κ3) is 5.52. The molecule has 2 atom stereocenters. The third-order valence-electron chi connectivity index (χ3n) is 8.32. The van der Waals surface area contributed by atoms with Gasteiger partial charge in [-0.05, 0) is 75.9 Å². The van der Waals surface area contributed by atoms with Gasteiger partial charge >= 0.3 is 5.97 Å². The van der Waals surface area contributed by atoms with Crippen LogP contribution in [0.4, 0.5) is 5.69 Å². The molecule has 0 spiro atoms. The fourth-order valence-electron chi connectivity index (χ4n) is 5.97. The number of anilines is 1. The van der Waals surface area contributed by atoms with Crippen molar-refractivity contribution in [2.24, 2.45) is 0 Å². The molecular weight excluding hydrogens is 601 g/mol. The van der Waals surface area contributed by atoms with Crippen molar-refractivity contribution in [2.45, 2.75) is 81.7 Å². The molecule has 6 rings (SSSR count). The first-order valence-electron chi connectivity index (χ1n) is 14.1. The van der Waals surface area contributed by atoms with Crippen LogP contribution in [0, 0.1) is 0 Å². The number of hydrogen-bond donors (Lipinski definition) is 1. The number of benzene rings is 2. The number of halogens is 2. The first-order valence-corrected chi connectivity index (χ1v) is 16.4. The van der Waals surface area contributed by atoms with Crippen LogP contribution in [-0.2, 0) is 14.8 Å². The van der Waals surface area contributed by atoms with Crippen LogP contribution in [0.15, 0.2) is 47.0 Å². The number of hydrogen-bond acceptors (Lipinski definition) is 8. The van der Waals surface area contributed by atoms with Crippen molar-refractivity contribution >= 4 is 50.8 Å². The van der Waals surface area contributed by atoms with Crippen LogP contribution in [-0.4, -0.2) is 48.9 Å². The second-order valence-corrected chi connectivity index (χ2v) is 14.6. The van der Waals surface area contributed by atoms with Gasteiger partial charge in [-0.15, -0.1) is 0 Å². The number of nitrogens with zero attached hydrogens (tertiary/aromatic N) is 2. The number of piperidine rings is 1. The summed E-state index contributed by atoms with van der Waals surface area (Å²) in [5, 5.41) is 4.26. The quantitative estimate of drug-likeness (QED) is 0.286. The topological polar surface area (TPSA) is 119 Å². The molecule has 1 aliphatic carbocycles. The first-order chi connectivity index (χ1) is 20.0. The number of carbonyl (C=O) groups is 2. The number of esters is 1. The van der Waals surface area contributed by atoms with E-state index in [1.165, 1.54) is 13.8 Å². The molecule has 3 aromatic rings. The molecule has 12 heteroatoms. The summed E-state index contributed by atoms with van der Waals surface area (Å²) in [5.41, 5.74) is 2.28. The summed E-state index contributed by atoms with van der Waals surface area (Å²) in [6.07, 6.45) is 4.77. The highest BCUT2D eigenvalue weighted by molar-refractivity contribution is 7.90. The van der Waals surface area contributed by atoms with E-state index in [2.05, 4.69) is 14.8 Å². The average molecular weight is 633 g/mol. The maximum absolute atomic E-state index is 13.7. The summed E-state index contributed by atoms with van der Waals surface area (Å²) >= 11 is 12.9. The van der Waals surface area contributed by atoms with Crippen molar-refractivity contribution in [1.29, 1.82) is 0 Å². The molecule has 1 amide bonds. The van der Waals surface area contributed by atoms with Gasteiger partial charge < -0.3 is 14.2 Å². The van der Waals surface area contributed by atoms with E-state index in [0.29, 0.717) is 45.5 Å². The lowest BCUT2D eigenvalue weighted by Crippen LogP contribution is -2.46. The Kier molecular flexibility index (Phi) is 7.74. The van der Waals surface area contributed by atoms with Crippen molar-refractivity contribution < 1.29 is 27.3 Å². The van der Waals surface area contributed by atoms with Crippen LogP contribution in [0.25, 0.3) is 11.3 Å². The monoisotopic (exact) mass is 631 g/mol. The molecule has 2 aromatic carbocycles. The zero-order valence-electron chi connectivity index (χ0n) is 23.2. The molecule has 2 bridgehead atoms. The van der Waals surface area contributed by atoms with Gasteiger partial charge in [0.25, 0.3) is 5.91 Å². The number of fused-ring (bicyclic) bond motifs is 2. The Hall–Kier alpha value is -3.08. The Labute approximate surface area is 254 Å². The second kappa shape index (κ2) is 11.2. The molecule has 2 unspecified atom stereocenters. The molecule has 3 aliphatic rings. The highest BCUT2D eigenvalue weighted by atomic mass is 35.5. The van der Waals surface area contributed by atoms with Crippen LogP contribution in [0.3, 0.4) is 0 Å². The van der Waals surface area contributed by atoms with Gasteiger partial charge in [0.15, 0.2) is 5.76 Å². The van der Waals surface area contributed by atoms with Crippen molar-refractivity contribution in [3.05, 3.63) is 69.4 Å². The van der Waals surface area contributed by atoms with Gasteiger partial charge in [-0.1, -0.05) is 34.4 Å². The van der Waals surface area contributed by atoms with E-state index in [0.717, 1.165) is 31.4 Å². The maximum Gasteiger partial charge on any atom is 0.344 e. The molecule has 2 saturated heterocycles. The number of rotatable bonds is 8. The maximum atomic E-state index is 13.7. The van der Waals surface area contributed by atoms with Crippen LogP contribution in [0.2, 0.25) is 10.0 Å². The minimum atomic E-state index is -3.72. The number of aromatic nitrogens is 1. The Morgan fingerprint density at radius 3 is 2.19 bits per heavy atom. The van der Waals surface area contributed by atoms with Crippen molar-refractivity contribution in [3.8, 4) is 11.3 Å². The highest BCUT2D eigenvalue weighted by Gasteiger charge is 2.44. The van der Waals surface area contributed by atoms with E-state index in [4.69, 9.17) is 32.5 Å². The standard InChI is InChI=1S/C30H31Cl2N3O6S/c1-16(2)42(38,39)34-29(36)18-8-10-19(11-9-18)35-20-12-13-21(35)15-22(14-20)40-30(37)26-27(33-41-28(26)17-6-7-17)25-23(31)4-3-5-24(25)32/h3-5,8-11,16-17,20-22H,6-7,12-15H2,1-2H3,(H,34,36). The Balaban J connectivity index is 1.17. The van der Waals surface area contributed by atoms with Gasteiger partial charge in [-0.25, -0.2) is 17.9 Å². The number of nitrogens with one attached hydrogen (secondary N) is 1. The Morgan fingerprint density at radius 1 is 1.00 bits per heavy atom. The van der Waals surface area contributed by atoms with E-state index < -0.39 is 27.1 Å². The highest BCUT2D eigenvalue weighted by Crippen LogP contribution is 2.47. The molecule has 3 fully saturated rings. The molecular formula is C30H31Cl2N3O6S. The van der Waals surface area contributed by atoms with Crippen molar-refractivity contribution in [1.82, 2.24) is 9.88 Å². The SMILES string of the molecule is CC(C)S(=O)(=O)NC(=O)c1ccc(N2C3CCC2CC(OC(=O)c2c(-c4c(Cl)cccc4Cl)noc2C2CC2)C3)cc1. The third-order valence-corrected chi connectivity index (χ3v) is 10.7. The van der Waals surface area contributed by atoms with Gasteiger partial charge in [-0.2, -0.15) is 0 Å². The van der Waals surface area contributed by atoms with Gasteiger partial charge in [0.2, 0.25) is 10.0 Å². The summed E-state index contributed by atoms with van der Waals surface area (Å²) in [6.45, 7) is 3.03. The molecule has 222 valence electrons. The zero-order valence-corrected chi connectivity index (χ0v) is 25.5. The van der Waals surface area contributed by atoms with E-state index in [1.807, 2.05) is 12.1 Å². The predicted molar refractivity (Wildman–Crippen MR) is 160 cm³/mol. The average Bonchev–Trinajstić information content (AvgIpc) is 3.63. The smallest absolute Gasteiger partial charge is 0.344 e. The van der Waals surface area contributed by atoms with E-state index in [9.17, 15) is 18.0 Å². The van der Waals surface area contributed by atoms with Gasteiger partial charge in [-0.3, -0.25) is 4.79 Å². The summed E-state index contributed by atoms with van der Waals surface area (Å²) < 4.78 is 38.1. The largest absolute Gasteiger partial charge is 0.458 e. The number of ether oxygens (including phenoxy) is 1. The number of sulfonamides is 1. The van der Waals surface area contributed by atoms with Crippen LogP contribution in [0.1, 0.15) is 84.8 Å². The van der Waals surface area contributed by atoms with Crippen LogP contribution in [0.5, 0.6) is 0 Å². The van der Waals surface area contributed by atoms with E-state index in [1.54, 1.807) is 30.3 Å². The zero-order chi connectivity index (χ0) is 29.8. The Morgan fingerprint density at radius 2 is 1.62 bits per heavy atom.